The number of fused-ring (bicyclic) bond motifs is 1. The number of benzene rings is 2. The van der Waals surface area contributed by atoms with Gasteiger partial charge in [0, 0.05) is 31.0 Å². The van der Waals surface area contributed by atoms with E-state index in [0.717, 1.165) is 28.9 Å². The molecule has 0 aliphatic carbocycles. The summed E-state index contributed by atoms with van der Waals surface area (Å²) in [5, 5.41) is 0.717. The highest BCUT2D eigenvalue weighted by atomic mass is 32.1. The molecule has 2 aromatic heterocycles. The third kappa shape index (κ3) is 4.68. The number of nitrogens with zero attached hydrogens (tertiary/aromatic N) is 4. The molecule has 30 heavy (non-hydrogen) atoms. The fourth-order valence-corrected chi connectivity index (χ4v) is 4.18. The highest BCUT2D eigenvalue weighted by Gasteiger charge is 2.21. The summed E-state index contributed by atoms with van der Waals surface area (Å²) >= 11 is 1.54. The molecule has 154 valence electrons. The Labute approximate surface area is 179 Å². The maximum absolute atomic E-state index is 13.4. The zero-order valence-corrected chi connectivity index (χ0v) is 17.9. The van der Waals surface area contributed by atoms with Crippen LogP contribution in [0, 0.1) is 0 Å². The van der Waals surface area contributed by atoms with Gasteiger partial charge in [0.05, 0.1) is 22.6 Å². The van der Waals surface area contributed by atoms with E-state index in [0.29, 0.717) is 17.2 Å². The molecule has 0 spiro atoms. The fraction of sp³-hybridized carbons (Fsp3) is 0.261. The molecule has 6 nitrogen and oxygen atoms in total. The number of hydrogen-bond donors (Lipinski definition) is 0. The van der Waals surface area contributed by atoms with Crippen molar-refractivity contribution in [2.45, 2.75) is 32.9 Å². The summed E-state index contributed by atoms with van der Waals surface area (Å²) in [5.41, 5.74) is 1.53. The van der Waals surface area contributed by atoms with Crippen molar-refractivity contribution >= 4 is 32.6 Å². The number of aryl methyl sites for hydroxylation is 1. The van der Waals surface area contributed by atoms with Crippen molar-refractivity contribution < 1.29 is 9.53 Å². The van der Waals surface area contributed by atoms with Gasteiger partial charge in [-0.2, -0.15) is 0 Å². The van der Waals surface area contributed by atoms with Crippen LogP contribution < -0.4 is 9.64 Å². The van der Waals surface area contributed by atoms with Crippen molar-refractivity contribution in [3.63, 3.8) is 0 Å². The number of carbonyl (C=O) groups is 1. The molecule has 4 rings (SSSR count). The van der Waals surface area contributed by atoms with Gasteiger partial charge < -0.3 is 9.30 Å². The van der Waals surface area contributed by atoms with Crippen molar-refractivity contribution in [1.29, 1.82) is 0 Å². The van der Waals surface area contributed by atoms with Crippen molar-refractivity contribution in [3.05, 3.63) is 72.8 Å². The standard InChI is InChI=1S/C23H24N4O2S/c1-17(2)29-19-10-8-18(9-11-19)22(28)27(14-5-13-26-15-12-24-16-26)23-25-20-6-3-4-7-21(20)30-23/h3-4,6-12,15-17H,5,13-14H2,1-2H3. The van der Waals surface area contributed by atoms with Crippen LogP contribution in [0.3, 0.4) is 0 Å². The number of ether oxygens (including phenoxy) is 1. The van der Waals surface area contributed by atoms with Gasteiger partial charge in [-0.25, -0.2) is 9.97 Å². The maximum Gasteiger partial charge on any atom is 0.260 e. The number of imidazole rings is 1. The predicted octanol–water partition coefficient (Wildman–Crippen LogP) is 5.02. The summed E-state index contributed by atoms with van der Waals surface area (Å²) < 4.78 is 8.78. The Morgan fingerprint density at radius 2 is 1.97 bits per heavy atom. The van der Waals surface area contributed by atoms with Crippen LogP contribution in [-0.4, -0.2) is 33.1 Å². The summed E-state index contributed by atoms with van der Waals surface area (Å²) in [6, 6.07) is 15.3. The summed E-state index contributed by atoms with van der Waals surface area (Å²) in [7, 11) is 0. The van der Waals surface area contributed by atoms with Crippen LogP contribution in [0.4, 0.5) is 5.13 Å². The zero-order chi connectivity index (χ0) is 20.9. The summed E-state index contributed by atoms with van der Waals surface area (Å²) in [6.07, 6.45) is 6.37. The van der Waals surface area contributed by atoms with Gasteiger partial charge in [-0.15, -0.1) is 0 Å². The van der Waals surface area contributed by atoms with E-state index >= 15 is 0 Å². The first-order valence-electron chi connectivity index (χ1n) is 10.00. The average Bonchev–Trinajstić information content (AvgIpc) is 3.40. The van der Waals surface area contributed by atoms with E-state index in [4.69, 9.17) is 9.72 Å². The van der Waals surface area contributed by atoms with Crippen LogP contribution >= 0.6 is 11.3 Å². The first-order valence-corrected chi connectivity index (χ1v) is 10.8. The van der Waals surface area contributed by atoms with Crippen molar-refractivity contribution in [3.8, 4) is 5.75 Å². The van der Waals surface area contributed by atoms with Crippen molar-refractivity contribution in [2.24, 2.45) is 0 Å². The Morgan fingerprint density at radius 3 is 2.67 bits per heavy atom. The molecule has 0 unspecified atom stereocenters. The van der Waals surface area contributed by atoms with Crippen molar-refractivity contribution in [2.75, 3.05) is 11.4 Å². The van der Waals surface area contributed by atoms with Crippen LogP contribution in [0.2, 0.25) is 0 Å². The Hall–Kier alpha value is -3.19. The maximum atomic E-state index is 13.4. The SMILES string of the molecule is CC(C)Oc1ccc(C(=O)N(CCCn2ccnc2)c2nc3ccccc3s2)cc1. The third-order valence-electron chi connectivity index (χ3n) is 4.59. The Morgan fingerprint density at radius 1 is 1.17 bits per heavy atom. The molecular weight excluding hydrogens is 396 g/mol. The van der Waals surface area contributed by atoms with Crippen LogP contribution in [0.15, 0.2) is 67.3 Å². The first kappa shape index (κ1) is 20.1. The lowest BCUT2D eigenvalue weighted by atomic mass is 10.2. The number of aromatic nitrogens is 3. The van der Waals surface area contributed by atoms with Gasteiger partial charge in [-0.1, -0.05) is 23.5 Å². The number of carbonyl (C=O) groups excluding carboxylic acids is 1. The molecule has 0 saturated carbocycles. The summed E-state index contributed by atoms with van der Waals surface area (Å²) in [4.78, 5) is 23.9. The molecule has 0 aliphatic heterocycles. The van der Waals surface area contributed by atoms with E-state index in [1.165, 1.54) is 11.3 Å². The summed E-state index contributed by atoms with van der Waals surface area (Å²) in [6.45, 7) is 5.32. The number of anilines is 1. The molecule has 0 saturated heterocycles. The van der Waals surface area contributed by atoms with Crippen molar-refractivity contribution in [1.82, 2.24) is 14.5 Å². The molecule has 7 heteroatoms. The van der Waals surface area contributed by atoms with E-state index in [1.54, 1.807) is 17.4 Å². The molecule has 0 atom stereocenters. The molecule has 4 aromatic rings. The lowest BCUT2D eigenvalue weighted by Gasteiger charge is -2.20. The largest absolute Gasteiger partial charge is 0.491 e. The van der Waals surface area contributed by atoms with Crippen LogP contribution in [0.25, 0.3) is 10.2 Å². The molecule has 0 radical (unpaired) electrons. The zero-order valence-electron chi connectivity index (χ0n) is 17.1. The van der Waals surface area contributed by atoms with Gasteiger partial charge in [0.25, 0.3) is 5.91 Å². The average molecular weight is 421 g/mol. The molecule has 0 aliphatic rings. The molecule has 0 fully saturated rings. The Kier molecular flexibility index (Phi) is 6.09. The lowest BCUT2D eigenvalue weighted by molar-refractivity contribution is 0.0986. The van der Waals surface area contributed by atoms with Gasteiger partial charge in [0.15, 0.2) is 5.13 Å². The van der Waals surface area contributed by atoms with E-state index in [1.807, 2.05) is 73.1 Å². The smallest absolute Gasteiger partial charge is 0.260 e. The monoisotopic (exact) mass is 420 g/mol. The van der Waals surface area contributed by atoms with E-state index < -0.39 is 0 Å². The second-order valence-corrected chi connectivity index (χ2v) is 8.28. The van der Waals surface area contributed by atoms with Crippen LogP contribution in [0.1, 0.15) is 30.6 Å². The minimum Gasteiger partial charge on any atom is -0.491 e. The lowest BCUT2D eigenvalue weighted by Crippen LogP contribution is -2.32. The van der Waals surface area contributed by atoms with Gasteiger partial charge in [0.1, 0.15) is 5.75 Å². The summed E-state index contributed by atoms with van der Waals surface area (Å²) in [5.74, 6) is 0.698. The highest BCUT2D eigenvalue weighted by molar-refractivity contribution is 7.22. The Balaban J connectivity index is 1.57. The van der Waals surface area contributed by atoms with Crippen LogP contribution in [0.5, 0.6) is 5.75 Å². The van der Waals surface area contributed by atoms with Gasteiger partial charge in [-0.3, -0.25) is 9.69 Å². The van der Waals surface area contributed by atoms with Crippen LogP contribution in [-0.2, 0) is 6.54 Å². The predicted molar refractivity (Wildman–Crippen MR) is 120 cm³/mol. The van der Waals surface area contributed by atoms with E-state index in [-0.39, 0.29) is 12.0 Å². The number of amides is 1. The molecule has 0 N–H and O–H groups in total. The number of hydrogen-bond acceptors (Lipinski definition) is 5. The number of para-hydroxylation sites is 1. The minimum absolute atomic E-state index is 0.0595. The normalized spacial score (nSPS) is 11.2. The van der Waals surface area contributed by atoms with E-state index in [9.17, 15) is 4.79 Å². The molecule has 1 amide bonds. The Bertz CT molecular complexity index is 1070. The quantitative estimate of drug-likeness (QED) is 0.402. The second-order valence-electron chi connectivity index (χ2n) is 7.27. The first-order chi connectivity index (χ1) is 14.6. The third-order valence-corrected chi connectivity index (χ3v) is 5.65. The topological polar surface area (TPSA) is 60.2 Å². The molecule has 2 heterocycles. The van der Waals surface area contributed by atoms with Gasteiger partial charge >= 0.3 is 0 Å². The number of thiazole rings is 1. The molecule has 0 bridgehead atoms. The second kappa shape index (κ2) is 9.09. The van der Waals surface area contributed by atoms with Gasteiger partial charge in [-0.05, 0) is 56.7 Å². The highest BCUT2D eigenvalue weighted by Crippen LogP contribution is 2.30. The van der Waals surface area contributed by atoms with Gasteiger partial charge in [0.2, 0.25) is 0 Å². The molecular formula is C23H24N4O2S. The fourth-order valence-electron chi connectivity index (χ4n) is 3.19. The molecule has 2 aromatic carbocycles. The minimum atomic E-state index is -0.0595. The van der Waals surface area contributed by atoms with E-state index in [2.05, 4.69) is 4.98 Å². The number of rotatable bonds is 8.